The van der Waals surface area contributed by atoms with Crippen molar-refractivity contribution in [1.82, 2.24) is 0 Å². The van der Waals surface area contributed by atoms with Gasteiger partial charge in [0.15, 0.2) is 12.4 Å². The second kappa shape index (κ2) is 6.71. The zero-order valence-electron chi connectivity index (χ0n) is 14.7. The van der Waals surface area contributed by atoms with Gasteiger partial charge in [0.05, 0.1) is 18.4 Å². The first-order valence-corrected chi connectivity index (χ1v) is 9.21. The predicted molar refractivity (Wildman–Crippen MR) is 93.1 cm³/mol. The fourth-order valence-electron chi connectivity index (χ4n) is 4.70. The van der Waals surface area contributed by atoms with Gasteiger partial charge >= 0.3 is 11.9 Å². The number of hydrogen-bond acceptors (Lipinski definition) is 5. The highest BCUT2D eigenvalue weighted by molar-refractivity contribution is 5.98. The SMILES string of the molecule is CCOC(=O)[C@@H]1[C@H]2C=C[C@@H]([C@@H]3C[C@H]23)[C@@H]1C(=O)OCC(=O)c1ccccc1. The van der Waals surface area contributed by atoms with E-state index in [4.69, 9.17) is 9.47 Å². The maximum atomic E-state index is 12.8. The van der Waals surface area contributed by atoms with E-state index in [1.54, 1.807) is 31.2 Å². The average molecular weight is 354 g/mol. The third kappa shape index (κ3) is 2.85. The van der Waals surface area contributed by atoms with E-state index in [9.17, 15) is 14.4 Å². The van der Waals surface area contributed by atoms with E-state index in [0.717, 1.165) is 6.42 Å². The number of rotatable bonds is 6. The van der Waals surface area contributed by atoms with E-state index in [2.05, 4.69) is 12.2 Å². The Hall–Kier alpha value is -2.43. The second-order valence-corrected chi connectivity index (χ2v) is 7.30. The van der Waals surface area contributed by atoms with Gasteiger partial charge in [0.1, 0.15) is 0 Å². The van der Waals surface area contributed by atoms with Crippen LogP contribution in [0.25, 0.3) is 0 Å². The molecule has 136 valence electrons. The minimum absolute atomic E-state index is 0.0127. The number of fused-ring (bicyclic) bond motifs is 1. The molecule has 0 aliphatic heterocycles. The second-order valence-electron chi connectivity index (χ2n) is 7.30. The Morgan fingerprint density at radius 3 is 2.08 bits per heavy atom. The fourth-order valence-corrected chi connectivity index (χ4v) is 4.70. The molecule has 2 bridgehead atoms. The Morgan fingerprint density at radius 2 is 1.50 bits per heavy atom. The van der Waals surface area contributed by atoms with Crippen LogP contribution in [0.4, 0.5) is 0 Å². The van der Waals surface area contributed by atoms with Crippen molar-refractivity contribution in [3.63, 3.8) is 0 Å². The van der Waals surface area contributed by atoms with E-state index in [1.165, 1.54) is 0 Å². The maximum Gasteiger partial charge on any atom is 0.310 e. The van der Waals surface area contributed by atoms with Crippen molar-refractivity contribution >= 4 is 17.7 Å². The van der Waals surface area contributed by atoms with Crippen LogP contribution in [-0.4, -0.2) is 30.9 Å². The van der Waals surface area contributed by atoms with E-state index in [1.807, 2.05) is 6.07 Å². The Labute approximate surface area is 152 Å². The van der Waals surface area contributed by atoms with Crippen LogP contribution in [-0.2, 0) is 19.1 Å². The highest BCUT2D eigenvalue weighted by atomic mass is 16.5. The van der Waals surface area contributed by atoms with Gasteiger partial charge in [0.25, 0.3) is 0 Å². The molecule has 2 saturated carbocycles. The van der Waals surface area contributed by atoms with Crippen LogP contribution in [0.1, 0.15) is 23.7 Å². The summed E-state index contributed by atoms with van der Waals surface area (Å²) in [6, 6.07) is 8.74. The molecule has 0 aromatic heterocycles. The van der Waals surface area contributed by atoms with Crippen LogP contribution >= 0.6 is 0 Å². The third-order valence-electron chi connectivity index (χ3n) is 5.92. The topological polar surface area (TPSA) is 69.7 Å². The van der Waals surface area contributed by atoms with Gasteiger partial charge in [-0.05, 0) is 37.0 Å². The van der Waals surface area contributed by atoms with Crippen LogP contribution < -0.4 is 0 Å². The monoisotopic (exact) mass is 354 g/mol. The number of carbonyl (C=O) groups is 3. The van der Waals surface area contributed by atoms with Crippen molar-refractivity contribution < 1.29 is 23.9 Å². The van der Waals surface area contributed by atoms with Gasteiger partial charge in [0, 0.05) is 5.56 Å². The Balaban J connectivity index is 1.47. The number of ether oxygens (including phenoxy) is 2. The molecule has 5 rings (SSSR count). The molecule has 26 heavy (non-hydrogen) atoms. The molecule has 0 N–H and O–H groups in total. The summed E-state index contributed by atoms with van der Waals surface area (Å²) < 4.78 is 10.6. The summed E-state index contributed by atoms with van der Waals surface area (Å²) in [6.07, 6.45) is 5.17. The molecule has 0 amide bonds. The predicted octanol–water partition coefficient (Wildman–Crippen LogP) is 2.66. The number of carbonyl (C=O) groups excluding carboxylic acids is 3. The summed E-state index contributed by atoms with van der Waals surface area (Å²) in [5.41, 5.74) is 0.509. The summed E-state index contributed by atoms with van der Waals surface area (Å²) in [5.74, 6) is -1.07. The normalized spacial score (nSPS) is 33.3. The molecule has 0 radical (unpaired) electrons. The number of ketones is 1. The van der Waals surface area contributed by atoms with Gasteiger partial charge in [-0.25, -0.2) is 0 Å². The van der Waals surface area contributed by atoms with Gasteiger partial charge in [-0.2, -0.15) is 0 Å². The molecule has 5 heteroatoms. The van der Waals surface area contributed by atoms with Crippen molar-refractivity contribution in [1.29, 1.82) is 0 Å². The standard InChI is InChI=1S/C21H22O5/c1-2-25-20(23)18-13-8-9-14(16-10-15(13)16)19(18)21(24)26-11-17(22)12-6-4-3-5-7-12/h3-9,13-16,18-19H,2,10-11H2,1H3/t13-,14-,15+,16-,18+,19-/m0/s1. The van der Waals surface area contributed by atoms with Crippen molar-refractivity contribution in [3.8, 4) is 0 Å². The average Bonchev–Trinajstić information content (AvgIpc) is 3.48. The van der Waals surface area contributed by atoms with Crippen LogP contribution in [0.15, 0.2) is 42.5 Å². The molecule has 0 heterocycles. The highest BCUT2D eigenvalue weighted by Gasteiger charge is 2.63. The van der Waals surface area contributed by atoms with Crippen molar-refractivity contribution in [2.45, 2.75) is 13.3 Å². The first kappa shape index (κ1) is 17.0. The van der Waals surface area contributed by atoms with Crippen LogP contribution in [0.2, 0.25) is 0 Å². The lowest BCUT2D eigenvalue weighted by molar-refractivity contribution is -0.167. The molecule has 6 atom stereocenters. The van der Waals surface area contributed by atoms with Crippen LogP contribution in [0.3, 0.4) is 0 Å². The summed E-state index contributed by atoms with van der Waals surface area (Å²) in [4.78, 5) is 37.5. The molecular weight excluding hydrogens is 332 g/mol. The van der Waals surface area contributed by atoms with Crippen molar-refractivity contribution in [2.24, 2.45) is 35.5 Å². The Bertz CT molecular complexity index is 753. The van der Waals surface area contributed by atoms with E-state index < -0.39 is 17.8 Å². The van der Waals surface area contributed by atoms with Crippen molar-refractivity contribution in [3.05, 3.63) is 48.0 Å². The molecule has 5 nitrogen and oxygen atoms in total. The van der Waals surface area contributed by atoms with E-state index >= 15 is 0 Å². The number of allylic oxidation sites excluding steroid dienone is 2. The minimum Gasteiger partial charge on any atom is -0.466 e. The molecule has 4 aliphatic rings. The maximum absolute atomic E-state index is 12.8. The number of esters is 2. The number of Topliss-reactive ketones (excluding diaryl/α,β-unsaturated/α-hetero) is 1. The zero-order chi connectivity index (χ0) is 18.3. The molecule has 0 spiro atoms. The summed E-state index contributed by atoms with van der Waals surface area (Å²) >= 11 is 0. The minimum atomic E-state index is -0.545. The van der Waals surface area contributed by atoms with Crippen molar-refractivity contribution in [2.75, 3.05) is 13.2 Å². The summed E-state index contributed by atoms with van der Waals surface area (Å²) in [6.45, 7) is 1.75. The lowest BCUT2D eigenvalue weighted by Crippen LogP contribution is -2.48. The quantitative estimate of drug-likeness (QED) is 0.446. The van der Waals surface area contributed by atoms with Crippen LogP contribution in [0, 0.1) is 35.5 Å². The molecule has 4 aliphatic carbocycles. The lowest BCUT2D eigenvalue weighted by atomic mass is 9.62. The summed E-state index contributed by atoms with van der Waals surface area (Å²) in [5, 5.41) is 0. The van der Waals surface area contributed by atoms with Gasteiger partial charge in [-0.1, -0.05) is 42.5 Å². The van der Waals surface area contributed by atoms with Gasteiger partial charge < -0.3 is 9.47 Å². The molecule has 0 saturated heterocycles. The fraction of sp³-hybridized carbons (Fsp3) is 0.476. The first-order valence-electron chi connectivity index (χ1n) is 9.21. The Kier molecular flexibility index (Phi) is 4.39. The van der Waals surface area contributed by atoms with Gasteiger partial charge in [-0.3, -0.25) is 14.4 Å². The molecule has 1 aromatic carbocycles. The number of benzene rings is 1. The van der Waals surface area contributed by atoms with Gasteiger partial charge in [0.2, 0.25) is 0 Å². The largest absolute Gasteiger partial charge is 0.466 e. The lowest BCUT2D eigenvalue weighted by Gasteiger charge is -2.41. The zero-order valence-corrected chi connectivity index (χ0v) is 14.7. The third-order valence-corrected chi connectivity index (χ3v) is 5.92. The first-order chi connectivity index (χ1) is 12.6. The molecular formula is C21H22O5. The van der Waals surface area contributed by atoms with Crippen LogP contribution in [0.5, 0.6) is 0 Å². The Morgan fingerprint density at radius 1 is 0.923 bits per heavy atom. The molecule has 2 fully saturated rings. The van der Waals surface area contributed by atoms with Gasteiger partial charge in [-0.15, -0.1) is 0 Å². The molecule has 1 aromatic rings. The number of hydrogen-bond donors (Lipinski definition) is 0. The summed E-state index contributed by atoms with van der Waals surface area (Å²) in [7, 11) is 0. The molecule has 0 unspecified atom stereocenters. The van der Waals surface area contributed by atoms with E-state index in [0.29, 0.717) is 24.0 Å². The highest BCUT2D eigenvalue weighted by Crippen LogP contribution is 2.63. The van der Waals surface area contributed by atoms with E-state index in [-0.39, 0.29) is 30.2 Å². The smallest absolute Gasteiger partial charge is 0.310 e.